The van der Waals surface area contributed by atoms with Crippen molar-refractivity contribution in [3.63, 3.8) is 0 Å². The van der Waals surface area contributed by atoms with Gasteiger partial charge in [-0.15, -0.1) is 0 Å². The van der Waals surface area contributed by atoms with E-state index >= 15 is 13.6 Å². The van der Waals surface area contributed by atoms with Crippen LogP contribution in [0.3, 0.4) is 0 Å². The molecule has 1 N–H and O–H groups in total. The van der Waals surface area contributed by atoms with Crippen molar-refractivity contribution in [1.82, 2.24) is 53.2 Å². The van der Waals surface area contributed by atoms with Crippen LogP contribution < -0.4 is 11.4 Å². The number of hydrogen-bond donors (Lipinski definition) is 1. The van der Waals surface area contributed by atoms with Crippen molar-refractivity contribution in [1.29, 1.82) is 0 Å². The molecule has 5 atom stereocenters. The van der Waals surface area contributed by atoms with Crippen molar-refractivity contribution < 1.29 is 27.6 Å². The van der Waals surface area contributed by atoms with Gasteiger partial charge in [-0.2, -0.15) is 10.2 Å². The summed E-state index contributed by atoms with van der Waals surface area (Å²) in [5.41, 5.74) is 1.88. The van der Waals surface area contributed by atoms with Crippen LogP contribution in [0.4, 0.5) is 8.78 Å². The van der Waals surface area contributed by atoms with E-state index in [1.807, 2.05) is 30.5 Å². The van der Waals surface area contributed by atoms with E-state index in [0.29, 0.717) is 58.1 Å². The number of hydrogen-bond acceptors (Lipinski definition) is 9. The van der Waals surface area contributed by atoms with E-state index in [-0.39, 0.29) is 53.1 Å². The molecule has 0 radical (unpaired) electrons. The number of carbonyl (C=O) groups is 2. The lowest BCUT2D eigenvalue weighted by Gasteiger charge is -2.41. The van der Waals surface area contributed by atoms with Gasteiger partial charge in [0.05, 0.1) is 52.4 Å². The van der Waals surface area contributed by atoms with Crippen LogP contribution in [0.25, 0.3) is 39.0 Å². The zero-order chi connectivity index (χ0) is 48.2. The smallest absolute Gasteiger partial charge is 0.376 e. The van der Waals surface area contributed by atoms with E-state index in [1.165, 1.54) is 33.8 Å². The van der Waals surface area contributed by atoms with Crippen molar-refractivity contribution in [3.05, 3.63) is 139 Å². The Labute approximate surface area is 392 Å². The molecule has 3 fully saturated rings. The number of nitrogens with one attached hydrogen (secondary N) is 1. The lowest BCUT2D eigenvalue weighted by atomic mass is 9.83. The Kier molecular flexibility index (Phi) is 9.05. The normalized spacial score (nSPS) is 23.9. The Bertz CT molecular complexity index is 3600. The standard InChI is InChI=1S/C50H49F2N11O6/c1-26-16-33(17-27(2)41(26)51)63-43(60-14-13-59(47(60)67)38-11-10-37-34(42(38)52)23-53-57(37)7)40-29(4)61(49(22-35(40)55-63)24-58(49)25-64)44(65)39-19-32-18-30(31-12-15-68-48(5,6)21-31)8-9-36(32)62(39)50(20-28(50)3)45-54-46(66)69-56-45/h8-11,13-14,16-19,23,25,28-29,31H,12,15,20-22,24H2,1-7H3,(H,54,56,66)/t28-,29-,31-,49?,50-,58?/m0/s1. The van der Waals surface area contributed by atoms with Crippen LogP contribution in [0.2, 0.25) is 0 Å². The molecule has 2 amide bonds. The quantitative estimate of drug-likeness (QED) is 0.130. The molecule has 69 heavy (non-hydrogen) atoms. The lowest BCUT2D eigenvalue weighted by Crippen LogP contribution is -2.52. The molecule has 2 saturated heterocycles. The Balaban J connectivity index is 1.05. The fourth-order valence-electron chi connectivity index (χ4n) is 11.8. The minimum atomic E-state index is -1.15. The maximum Gasteiger partial charge on any atom is 0.438 e. The number of nitrogens with zero attached hydrogens (tertiary/aromatic N) is 10. The van der Waals surface area contributed by atoms with Crippen molar-refractivity contribution in [3.8, 4) is 17.2 Å². The highest BCUT2D eigenvalue weighted by Gasteiger charge is 2.64. The molecule has 354 valence electrons. The molecule has 1 unspecified atom stereocenters. The molecule has 19 heteroatoms. The Morgan fingerprint density at radius 3 is 2.38 bits per heavy atom. The molecule has 1 saturated carbocycles. The first kappa shape index (κ1) is 42.9. The molecule has 8 heterocycles. The molecule has 8 aromatic rings. The molecule has 5 aromatic heterocycles. The molecular formula is C50H49F2N11O6. The summed E-state index contributed by atoms with van der Waals surface area (Å²) in [4.78, 5) is 62.5. The Morgan fingerprint density at radius 1 is 0.957 bits per heavy atom. The van der Waals surface area contributed by atoms with E-state index < -0.39 is 40.4 Å². The number of H-pyrrole nitrogens is 1. The maximum absolute atomic E-state index is 16.3. The average molecular weight is 938 g/mol. The van der Waals surface area contributed by atoms with Gasteiger partial charge in [-0.25, -0.2) is 23.1 Å². The number of rotatable bonds is 8. The molecule has 1 spiro atoms. The fourth-order valence-corrected chi connectivity index (χ4v) is 11.8. The van der Waals surface area contributed by atoms with Crippen LogP contribution in [0.15, 0.2) is 81.2 Å². The summed E-state index contributed by atoms with van der Waals surface area (Å²) in [7, 11) is 1.70. The molecule has 17 nitrogen and oxygen atoms in total. The van der Waals surface area contributed by atoms with Gasteiger partial charge in [0.1, 0.15) is 28.5 Å². The number of amides is 2. The van der Waals surface area contributed by atoms with Crippen LogP contribution in [0, 0.1) is 31.4 Å². The molecule has 0 bridgehead atoms. The summed E-state index contributed by atoms with van der Waals surface area (Å²) >= 11 is 0. The number of aromatic amines is 1. The van der Waals surface area contributed by atoms with Gasteiger partial charge >= 0.3 is 11.4 Å². The number of aromatic nitrogens is 9. The Morgan fingerprint density at radius 2 is 1.70 bits per heavy atom. The Hall–Kier alpha value is -7.41. The van der Waals surface area contributed by atoms with Crippen molar-refractivity contribution in [2.45, 2.75) is 96.0 Å². The van der Waals surface area contributed by atoms with E-state index in [2.05, 4.69) is 41.2 Å². The van der Waals surface area contributed by atoms with Gasteiger partial charge in [-0.05, 0) is 125 Å². The molecule has 12 rings (SSSR count). The van der Waals surface area contributed by atoms with Gasteiger partial charge in [-0.3, -0.25) is 32.9 Å². The molecule has 1 aliphatic carbocycles. The van der Waals surface area contributed by atoms with E-state index in [0.717, 1.165) is 35.7 Å². The highest BCUT2D eigenvalue weighted by molar-refractivity contribution is 6.01. The number of benzene rings is 3. The van der Waals surface area contributed by atoms with Crippen molar-refractivity contribution in [2.24, 2.45) is 13.0 Å². The first-order valence-electron chi connectivity index (χ1n) is 23.2. The summed E-state index contributed by atoms with van der Waals surface area (Å²) < 4.78 is 50.3. The van der Waals surface area contributed by atoms with E-state index in [1.54, 1.807) is 58.3 Å². The predicted molar refractivity (Wildman–Crippen MR) is 248 cm³/mol. The molecule has 3 aromatic carbocycles. The number of aryl methyl sites for hydroxylation is 3. The summed E-state index contributed by atoms with van der Waals surface area (Å²) in [6.45, 7) is 12.2. The second kappa shape index (κ2) is 14.6. The SMILES string of the molecule is Cc1cc(-n2nc3c(c2-n2ccn(-c4ccc5c(cnn5C)c4F)c2=O)[C@H](C)N(C(=O)c2cc4cc([C@H]5CCOC(C)(C)C5)ccc4n2[C@@]2(c4noc(=O)[nH]4)C[C@@H]2C)C2(C3)CN2C=O)cc(C)c1F. The largest absolute Gasteiger partial charge is 0.438 e. The third-order valence-corrected chi connectivity index (χ3v) is 15.4. The highest BCUT2D eigenvalue weighted by atomic mass is 19.1. The third-order valence-electron chi connectivity index (χ3n) is 15.4. The van der Waals surface area contributed by atoms with Gasteiger partial charge in [0.2, 0.25) is 6.41 Å². The molecule has 4 aliphatic rings. The lowest BCUT2D eigenvalue weighted by molar-refractivity contribution is -0.116. The maximum atomic E-state index is 16.3. The van der Waals surface area contributed by atoms with Crippen LogP contribution in [-0.4, -0.2) is 89.9 Å². The van der Waals surface area contributed by atoms with Gasteiger partial charge in [0.15, 0.2) is 11.6 Å². The summed E-state index contributed by atoms with van der Waals surface area (Å²) in [5.74, 6) is -1.44. The van der Waals surface area contributed by atoms with Crippen LogP contribution in [-0.2, 0) is 28.5 Å². The first-order chi connectivity index (χ1) is 33.0. The van der Waals surface area contributed by atoms with E-state index in [4.69, 9.17) is 14.4 Å². The number of halogens is 2. The highest BCUT2D eigenvalue weighted by Crippen LogP contribution is 2.57. The zero-order valence-corrected chi connectivity index (χ0v) is 39.1. The minimum absolute atomic E-state index is 0.00396. The van der Waals surface area contributed by atoms with Crippen LogP contribution in [0.1, 0.15) is 103 Å². The number of fused-ring (bicyclic) bond motifs is 3. The molecular weight excluding hydrogens is 889 g/mol. The first-order valence-corrected chi connectivity index (χ1v) is 23.2. The number of imidazole rings is 1. The predicted octanol–water partition coefficient (Wildman–Crippen LogP) is 6.61. The molecule has 3 aliphatic heterocycles. The second-order valence-corrected chi connectivity index (χ2v) is 20.1. The van der Waals surface area contributed by atoms with E-state index in [9.17, 15) is 14.4 Å². The minimum Gasteiger partial charge on any atom is -0.376 e. The van der Waals surface area contributed by atoms with Crippen LogP contribution >= 0.6 is 0 Å². The monoisotopic (exact) mass is 937 g/mol. The fraction of sp³-hybridized carbons (Fsp3) is 0.380. The van der Waals surface area contributed by atoms with Gasteiger partial charge < -0.3 is 19.1 Å². The third kappa shape index (κ3) is 6.10. The van der Waals surface area contributed by atoms with Crippen molar-refractivity contribution in [2.75, 3.05) is 13.2 Å². The van der Waals surface area contributed by atoms with Gasteiger partial charge in [-0.1, -0.05) is 18.1 Å². The number of ether oxygens (including phenoxy) is 1. The van der Waals surface area contributed by atoms with Gasteiger partial charge in [0.25, 0.3) is 5.91 Å². The van der Waals surface area contributed by atoms with Crippen molar-refractivity contribution >= 4 is 34.1 Å². The van der Waals surface area contributed by atoms with Crippen LogP contribution in [0.5, 0.6) is 0 Å². The number of carbonyl (C=O) groups excluding carboxylic acids is 2. The summed E-state index contributed by atoms with van der Waals surface area (Å²) in [6, 6.07) is 13.8. The average Bonchev–Trinajstić information content (AvgIpc) is 3.68. The second-order valence-electron chi connectivity index (χ2n) is 20.1. The summed E-state index contributed by atoms with van der Waals surface area (Å²) in [6.07, 6.45) is 7.43. The summed E-state index contributed by atoms with van der Waals surface area (Å²) in [5, 5.41) is 14.6. The van der Waals surface area contributed by atoms with Gasteiger partial charge in [0, 0.05) is 48.9 Å². The topological polar surface area (TPSA) is 176 Å². The zero-order valence-electron chi connectivity index (χ0n) is 39.1.